The second kappa shape index (κ2) is 5.43. The quantitative estimate of drug-likeness (QED) is 0.819. The van der Waals surface area contributed by atoms with Crippen molar-refractivity contribution in [1.82, 2.24) is 0 Å². The number of hydrogen-bond acceptors (Lipinski definition) is 1. The fourth-order valence-corrected chi connectivity index (χ4v) is 2.26. The number of rotatable bonds is 3. The van der Waals surface area contributed by atoms with Crippen molar-refractivity contribution in [3.63, 3.8) is 0 Å². The maximum Gasteiger partial charge on any atom is 0.123 e. The first kappa shape index (κ1) is 12.3. The van der Waals surface area contributed by atoms with E-state index >= 15 is 0 Å². The Morgan fingerprint density at radius 3 is 2.29 bits per heavy atom. The van der Waals surface area contributed by atoms with Crippen LogP contribution in [0.3, 0.4) is 0 Å². The van der Waals surface area contributed by atoms with Gasteiger partial charge in [0.05, 0.1) is 0 Å². The molecule has 0 saturated carbocycles. The van der Waals surface area contributed by atoms with Gasteiger partial charge in [-0.25, -0.2) is 4.39 Å². The first-order chi connectivity index (χ1) is 8.22. The van der Waals surface area contributed by atoms with E-state index in [1.807, 2.05) is 24.3 Å². The molecule has 0 saturated heterocycles. The molecule has 0 bridgehead atoms. The van der Waals surface area contributed by atoms with Crippen LogP contribution in [0.25, 0.3) is 0 Å². The van der Waals surface area contributed by atoms with E-state index in [2.05, 4.69) is 15.9 Å². The van der Waals surface area contributed by atoms with Gasteiger partial charge in [0.25, 0.3) is 0 Å². The molecule has 2 aromatic rings. The predicted octanol–water partition coefficient (Wildman–Crippen LogP) is 4.32. The summed E-state index contributed by atoms with van der Waals surface area (Å²) in [6.07, 6.45) is -0.189. The number of methoxy groups -OCH3 is 1. The van der Waals surface area contributed by atoms with E-state index in [4.69, 9.17) is 4.74 Å². The minimum atomic E-state index is -0.240. The molecule has 0 spiro atoms. The summed E-state index contributed by atoms with van der Waals surface area (Å²) >= 11 is 3.50. The SMILES string of the molecule is COC(c1ccc(F)cc1)c1ccccc1Br. The number of halogens is 2. The van der Waals surface area contributed by atoms with Crippen molar-refractivity contribution in [2.75, 3.05) is 7.11 Å². The van der Waals surface area contributed by atoms with Crippen LogP contribution in [0.4, 0.5) is 4.39 Å². The van der Waals surface area contributed by atoms with Gasteiger partial charge < -0.3 is 4.74 Å². The summed E-state index contributed by atoms with van der Waals surface area (Å²) in [6.45, 7) is 0. The normalized spacial score (nSPS) is 12.4. The van der Waals surface area contributed by atoms with Gasteiger partial charge in [-0.15, -0.1) is 0 Å². The number of benzene rings is 2. The van der Waals surface area contributed by atoms with Crippen molar-refractivity contribution in [2.24, 2.45) is 0 Å². The highest BCUT2D eigenvalue weighted by molar-refractivity contribution is 9.10. The van der Waals surface area contributed by atoms with E-state index in [0.717, 1.165) is 15.6 Å². The van der Waals surface area contributed by atoms with Crippen molar-refractivity contribution < 1.29 is 9.13 Å². The molecule has 0 aliphatic rings. The van der Waals surface area contributed by atoms with E-state index in [-0.39, 0.29) is 11.9 Å². The Morgan fingerprint density at radius 1 is 1.06 bits per heavy atom. The molecule has 17 heavy (non-hydrogen) atoms. The highest BCUT2D eigenvalue weighted by Gasteiger charge is 2.15. The van der Waals surface area contributed by atoms with Crippen molar-refractivity contribution >= 4 is 15.9 Å². The summed E-state index contributed by atoms with van der Waals surface area (Å²) in [4.78, 5) is 0. The van der Waals surface area contributed by atoms with Gasteiger partial charge in [0, 0.05) is 11.6 Å². The minimum absolute atomic E-state index is 0.189. The molecule has 0 heterocycles. The Labute approximate surface area is 108 Å². The second-order valence-corrected chi connectivity index (χ2v) is 4.54. The average Bonchev–Trinajstić information content (AvgIpc) is 2.35. The molecular weight excluding hydrogens is 283 g/mol. The predicted molar refractivity (Wildman–Crippen MR) is 69.4 cm³/mol. The standard InChI is InChI=1S/C14H12BrFO/c1-17-14(10-6-8-11(16)9-7-10)12-4-2-3-5-13(12)15/h2-9,14H,1H3. The van der Waals surface area contributed by atoms with E-state index in [1.165, 1.54) is 12.1 Å². The first-order valence-corrected chi connectivity index (χ1v) is 6.04. The lowest BCUT2D eigenvalue weighted by Gasteiger charge is -2.17. The van der Waals surface area contributed by atoms with Crippen LogP contribution in [-0.4, -0.2) is 7.11 Å². The summed E-state index contributed by atoms with van der Waals surface area (Å²) in [7, 11) is 1.65. The highest BCUT2D eigenvalue weighted by Crippen LogP contribution is 2.30. The molecule has 2 aromatic carbocycles. The fraction of sp³-hybridized carbons (Fsp3) is 0.143. The molecule has 0 amide bonds. The number of ether oxygens (including phenoxy) is 1. The van der Waals surface area contributed by atoms with E-state index in [1.54, 1.807) is 19.2 Å². The molecule has 88 valence electrons. The van der Waals surface area contributed by atoms with Gasteiger partial charge >= 0.3 is 0 Å². The molecule has 0 radical (unpaired) electrons. The molecule has 1 atom stereocenters. The van der Waals surface area contributed by atoms with Crippen LogP contribution in [0.15, 0.2) is 53.0 Å². The lowest BCUT2D eigenvalue weighted by molar-refractivity contribution is 0.136. The van der Waals surface area contributed by atoms with Crippen LogP contribution in [0, 0.1) is 5.82 Å². The summed E-state index contributed by atoms with van der Waals surface area (Å²) in [5.41, 5.74) is 1.96. The van der Waals surface area contributed by atoms with Crippen LogP contribution in [0.5, 0.6) is 0 Å². The molecule has 2 rings (SSSR count). The molecule has 1 nitrogen and oxygen atoms in total. The lowest BCUT2D eigenvalue weighted by Crippen LogP contribution is -2.04. The number of hydrogen-bond donors (Lipinski definition) is 0. The van der Waals surface area contributed by atoms with Gasteiger partial charge in [0.1, 0.15) is 11.9 Å². The Hall–Kier alpha value is -1.19. The molecular formula is C14H12BrFO. The lowest BCUT2D eigenvalue weighted by atomic mass is 10.0. The van der Waals surface area contributed by atoms with E-state index in [0.29, 0.717) is 0 Å². The largest absolute Gasteiger partial charge is 0.372 e. The van der Waals surface area contributed by atoms with Gasteiger partial charge in [-0.2, -0.15) is 0 Å². The highest BCUT2D eigenvalue weighted by atomic mass is 79.9. The third-order valence-electron chi connectivity index (χ3n) is 2.60. The van der Waals surface area contributed by atoms with Crippen LogP contribution in [-0.2, 0) is 4.74 Å². The Morgan fingerprint density at radius 2 is 1.71 bits per heavy atom. The van der Waals surface area contributed by atoms with Gasteiger partial charge in [0.2, 0.25) is 0 Å². The van der Waals surface area contributed by atoms with Crippen molar-refractivity contribution in [3.8, 4) is 0 Å². The van der Waals surface area contributed by atoms with Gasteiger partial charge in [0.15, 0.2) is 0 Å². The van der Waals surface area contributed by atoms with Gasteiger partial charge in [-0.1, -0.05) is 46.3 Å². The van der Waals surface area contributed by atoms with Gasteiger partial charge in [-0.05, 0) is 29.3 Å². The maximum absolute atomic E-state index is 12.9. The van der Waals surface area contributed by atoms with Crippen LogP contribution in [0.2, 0.25) is 0 Å². The minimum Gasteiger partial charge on any atom is -0.372 e. The van der Waals surface area contributed by atoms with Crippen molar-refractivity contribution in [3.05, 3.63) is 69.9 Å². The summed E-state index contributed by atoms with van der Waals surface area (Å²) in [6, 6.07) is 14.2. The maximum atomic E-state index is 12.9. The zero-order valence-electron chi connectivity index (χ0n) is 9.36. The van der Waals surface area contributed by atoms with Crippen molar-refractivity contribution in [1.29, 1.82) is 0 Å². The molecule has 1 unspecified atom stereocenters. The summed E-state index contributed by atoms with van der Waals surface area (Å²) < 4.78 is 19.4. The Balaban J connectivity index is 2.40. The molecule has 0 aliphatic carbocycles. The van der Waals surface area contributed by atoms with E-state index < -0.39 is 0 Å². The van der Waals surface area contributed by atoms with Crippen molar-refractivity contribution in [2.45, 2.75) is 6.10 Å². The van der Waals surface area contributed by atoms with Crippen LogP contribution < -0.4 is 0 Å². The zero-order valence-corrected chi connectivity index (χ0v) is 10.9. The molecule has 3 heteroatoms. The van der Waals surface area contributed by atoms with Crippen LogP contribution in [0.1, 0.15) is 17.2 Å². The summed E-state index contributed by atoms with van der Waals surface area (Å²) in [5, 5.41) is 0. The summed E-state index contributed by atoms with van der Waals surface area (Å²) in [5.74, 6) is -0.240. The van der Waals surface area contributed by atoms with E-state index in [9.17, 15) is 4.39 Å². The Kier molecular flexibility index (Phi) is 3.92. The monoisotopic (exact) mass is 294 g/mol. The third kappa shape index (κ3) is 2.73. The zero-order chi connectivity index (χ0) is 12.3. The molecule has 0 aliphatic heterocycles. The molecule has 0 aromatic heterocycles. The fourth-order valence-electron chi connectivity index (χ4n) is 1.77. The first-order valence-electron chi connectivity index (χ1n) is 5.25. The second-order valence-electron chi connectivity index (χ2n) is 3.69. The third-order valence-corrected chi connectivity index (χ3v) is 3.32. The smallest absolute Gasteiger partial charge is 0.123 e. The topological polar surface area (TPSA) is 9.23 Å². The van der Waals surface area contributed by atoms with Crippen LogP contribution >= 0.6 is 15.9 Å². The van der Waals surface area contributed by atoms with Gasteiger partial charge in [-0.3, -0.25) is 0 Å². The molecule has 0 fully saturated rings. The Bertz CT molecular complexity index is 496. The average molecular weight is 295 g/mol. The molecule has 0 N–H and O–H groups in total.